The lowest BCUT2D eigenvalue weighted by molar-refractivity contribution is -0.384. The Kier molecular flexibility index (Phi) is 1.56. The van der Waals surface area contributed by atoms with Gasteiger partial charge in [-0.05, 0) is 12.5 Å². The first-order valence-corrected chi connectivity index (χ1v) is 4.89. The molecule has 0 saturated carbocycles. The summed E-state index contributed by atoms with van der Waals surface area (Å²) in [7, 11) is 0. The molecule has 0 bridgehead atoms. The normalized spacial score (nSPS) is 14.4. The summed E-state index contributed by atoms with van der Waals surface area (Å²) < 4.78 is 2.14. The summed E-state index contributed by atoms with van der Waals surface area (Å²) in [5.41, 5.74) is 1.85. The Labute approximate surface area is 85.5 Å². The summed E-state index contributed by atoms with van der Waals surface area (Å²) in [5.74, 6) is 1.05. The van der Waals surface area contributed by atoms with Crippen LogP contribution in [0.3, 0.4) is 0 Å². The van der Waals surface area contributed by atoms with Crippen LogP contribution in [0.1, 0.15) is 12.2 Å². The quantitative estimate of drug-likeness (QED) is 0.525. The first-order chi connectivity index (χ1) is 7.25. The number of nitro benzene ring substituents is 1. The third-order valence-electron chi connectivity index (χ3n) is 2.80. The summed E-state index contributed by atoms with van der Waals surface area (Å²) in [6.07, 6.45) is 2.09. The molecule has 0 fully saturated rings. The van der Waals surface area contributed by atoms with E-state index in [1.807, 2.05) is 0 Å². The maximum Gasteiger partial charge on any atom is 0.271 e. The molecule has 0 saturated heterocycles. The Morgan fingerprint density at radius 2 is 2.33 bits per heavy atom. The summed E-state index contributed by atoms with van der Waals surface area (Å²) in [6, 6.07) is 4.87. The Bertz CT molecular complexity index is 559. The molecule has 1 aliphatic rings. The predicted molar refractivity (Wildman–Crippen MR) is 54.7 cm³/mol. The first kappa shape index (κ1) is 8.40. The molecule has 0 aliphatic carbocycles. The van der Waals surface area contributed by atoms with Crippen LogP contribution in [0.15, 0.2) is 18.2 Å². The third-order valence-corrected chi connectivity index (χ3v) is 2.80. The van der Waals surface area contributed by atoms with Crippen LogP contribution in [0, 0.1) is 10.1 Å². The van der Waals surface area contributed by atoms with E-state index >= 15 is 0 Å². The van der Waals surface area contributed by atoms with Crippen molar-refractivity contribution in [1.82, 2.24) is 9.55 Å². The van der Waals surface area contributed by atoms with Crippen molar-refractivity contribution in [3.05, 3.63) is 34.1 Å². The van der Waals surface area contributed by atoms with Gasteiger partial charge >= 0.3 is 0 Å². The number of imidazole rings is 1. The van der Waals surface area contributed by atoms with Crippen molar-refractivity contribution in [3.8, 4) is 0 Å². The number of non-ortho nitro benzene ring substituents is 1. The molecule has 15 heavy (non-hydrogen) atoms. The SMILES string of the molecule is O=[N+]([O-])c1ccc2c(c1)nc1n2CCC1. The molecule has 0 atom stereocenters. The van der Waals surface area contributed by atoms with Crippen molar-refractivity contribution in [2.75, 3.05) is 0 Å². The maximum atomic E-state index is 10.6. The highest BCUT2D eigenvalue weighted by atomic mass is 16.6. The van der Waals surface area contributed by atoms with E-state index < -0.39 is 0 Å². The van der Waals surface area contributed by atoms with Gasteiger partial charge in [0.15, 0.2) is 0 Å². The van der Waals surface area contributed by atoms with Gasteiger partial charge in [0.1, 0.15) is 5.82 Å². The van der Waals surface area contributed by atoms with E-state index in [-0.39, 0.29) is 10.6 Å². The van der Waals surface area contributed by atoms with E-state index in [9.17, 15) is 10.1 Å². The van der Waals surface area contributed by atoms with Crippen LogP contribution >= 0.6 is 0 Å². The molecule has 0 amide bonds. The van der Waals surface area contributed by atoms with E-state index in [0.29, 0.717) is 0 Å². The predicted octanol–water partition coefficient (Wildman–Crippen LogP) is 1.89. The topological polar surface area (TPSA) is 61.0 Å². The molecule has 3 rings (SSSR count). The number of aryl methyl sites for hydroxylation is 2. The zero-order chi connectivity index (χ0) is 10.4. The van der Waals surface area contributed by atoms with Crippen LogP contribution in [-0.2, 0) is 13.0 Å². The fourth-order valence-electron chi connectivity index (χ4n) is 2.12. The van der Waals surface area contributed by atoms with Crippen LogP contribution in [0.25, 0.3) is 11.0 Å². The fourth-order valence-corrected chi connectivity index (χ4v) is 2.12. The van der Waals surface area contributed by atoms with Crippen LogP contribution in [-0.4, -0.2) is 14.5 Å². The van der Waals surface area contributed by atoms with Gasteiger partial charge in [-0.3, -0.25) is 10.1 Å². The molecule has 0 unspecified atom stereocenters. The van der Waals surface area contributed by atoms with Crippen molar-refractivity contribution >= 4 is 16.7 Å². The Morgan fingerprint density at radius 1 is 1.47 bits per heavy atom. The van der Waals surface area contributed by atoms with Gasteiger partial charge in [-0.15, -0.1) is 0 Å². The lowest BCUT2D eigenvalue weighted by atomic mass is 10.3. The molecule has 1 aromatic carbocycles. The van der Waals surface area contributed by atoms with Crippen molar-refractivity contribution in [2.24, 2.45) is 0 Å². The first-order valence-electron chi connectivity index (χ1n) is 4.89. The third kappa shape index (κ3) is 1.12. The highest BCUT2D eigenvalue weighted by Crippen LogP contribution is 2.25. The number of rotatable bonds is 1. The molecular weight excluding hydrogens is 194 g/mol. The fraction of sp³-hybridized carbons (Fsp3) is 0.300. The van der Waals surface area contributed by atoms with Gasteiger partial charge < -0.3 is 4.57 Å². The molecule has 2 aromatic rings. The number of hydrogen-bond acceptors (Lipinski definition) is 3. The van der Waals surface area contributed by atoms with E-state index in [1.54, 1.807) is 12.1 Å². The van der Waals surface area contributed by atoms with Crippen LogP contribution < -0.4 is 0 Å². The second-order valence-corrected chi connectivity index (χ2v) is 3.71. The number of aromatic nitrogens is 2. The van der Waals surface area contributed by atoms with E-state index in [0.717, 1.165) is 36.2 Å². The van der Waals surface area contributed by atoms with Crippen molar-refractivity contribution < 1.29 is 4.92 Å². The Morgan fingerprint density at radius 3 is 3.13 bits per heavy atom. The molecule has 2 heterocycles. The molecule has 0 radical (unpaired) electrons. The monoisotopic (exact) mass is 203 g/mol. The van der Waals surface area contributed by atoms with Gasteiger partial charge in [0.25, 0.3) is 5.69 Å². The number of hydrogen-bond donors (Lipinski definition) is 0. The molecule has 0 N–H and O–H groups in total. The minimum absolute atomic E-state index is 0.110. The second-order valence-electron chi connectivity index (χ2n) is 3.71. The largest absolute Gasteiger partial charge is 0.328 e. The standard InChI is InChI=1S/C10H9N3O2/c14-13(15)7-3-4-9-8(6-7)11-10-2-1-5-12(9)10/h3-4,6H,1-2,5H2. The number of fused-ring (bicyclic) bond motifs is 3. The maximum absolute atomic E-state index is 10.6. The Balaban J connectivity index is 2.26. The lowest BCUT2D eigenvalue weighted by Crippen LogP contribution is -1.91. The number of nitrogens with zero attached hydrogens (tertiary/aromatic N) is 3. The van der Waals surface area contributed by atoms with Gasteiger partial charge in [-0.25, -0.2) is 4.98 Å². The van der Waals surface area contributed by atoms with Crippen molar-refractivity contribution in [1.29, 1.82) is 0 Å². The van der Waals surface area contributed by atoms with E-state index in [4.69, 9.17) is 0 Å². The summed E-state index contributed by atoms with van der Waals surface area (Å²) in [4.78, 5) is 14.6. The van der Waals surface area contributed by atoms with Crippen LogP contribution in [0.5, 0.6) is 0 Å². The molecule has 76 valence electrons. The summed E-state index contributed by atoms with van der Waals surface area (Å²) >= 11 is 0. The Hall–Kier alpha value is -1.91. The van der Waals surface area contributed by atoms with Gasteiger partial charge in [-0.2, -0.15) is 0 Å². The van der Waals surface area contributed by atoms with Gasteiger partial charge in [0.05, 0.1) is 16.0 Å². The molecular formula is C10H9N3O2. The summed E-state index contributed by atoms with van der Waals surface area (Å²) in [6.45, 7) is 0.976. The highest BCUT2D eigenvalue weighted by molar-refractivity contribution is 5.79. The zero-order valence-corrected chi connectivity index (χ0v) is 8.01. The average molecular weight is 203 g/mol. The van der Waals surface area contributed by atoms with Gasteiger partial charge in [0, 0.05) is 25.1 Å². The minimum Gasteiger partial charge on any atom is -0.328 e. The zero-order valence-electron chi connectivity index (χ0n) is 8.01. The molecule has 5 heteroatoms. The molecule has 1 aliphatic heterocycles. The van der Waals surface area contributed by atoms with Gasteiger partial charge in [-0.1, -0.05) is 0 Å². The van der Waals surface area contributed by atoms with Crippen LogP contribution in [0.4, 0.5) is 5.69 Å². The van der Waals surface area contributed by atoms with E-state index in [1.165, 1.54) is 6.07 Å². The molecule has 5 nitrogen and oxygen atoms in total. The smallest absolute Gasteiger partial charge is 0.271 e. The van der Waals surface area contributed by atoms with Gasteiger partial charge in [0.2, 0.25) is 0 Å². The lowest BCUT2D eigenvalue weighted by Gasteiger charge is -1.97. The second kappa shape index (κ2) is 2.79. The van der Waals surface area contributed by atoms with Crippen LogP contribution in [0.2, 0.25) is 0 Å². The summed E-state index contributed by atoms with van der Waals surface area (Å²) in [5, 5.41) is 10.6. The van der Waals surface area contributed by atoms with E-state index in [2.05, 4.69) is 9.55 Å². The number of benzene rings is 1. The van der Waals surface area contributed by atoms with Crippen molar-refractivity contribution in [2.45, 2.75) is 19.4 Å². The number of nitro groups is 1. The molecule has 1 aromatic heterocycles. The average Bonchev–Trinajstić information content (AvgIpc) is 2.75. The van der Waals surface area contributed by atoms with Crippen molar-refractivity contribution in [3.63, 3.8) is 0 Å². The molecule has 0 spiro atoms. The minimum atomic E-state index is -0.385. The highest BCUT2D eigenvalue weighted by Gasteiger charge is 2.17.